The van der Waals surface area contributed by atoms with Gasteiger partial charge in [-0.3, -0.25) is 0 Å². The topological polar surface area (TPSA) is 55.8 Å². The van der Waals surface area contributed by atoms with E-state index in [4.69, 9.17) is 9.47 Å². The number of hydrogen-bond donors (Lipinski definition) is 0. The Labute approximate surface area is 209 Å². The van der Waals surface area contributed by atoms with Gasteiger partial charge in [-0.25, -0.2) is 9.59 Å². The van der Waals surface area contributed by atoms with Gasteiger partial charge in [0.05, 0.1) is 5.56 Å². The molecule has 2 aromatic carbocycles. The Morgan fingerprint density at radius 3 is 2.06 bits per heavy atom. The second-order valence-electron chi connectivity index (χ2n) is 12.2. The van der Waals surface area contributed by atoms with Crippen LogP contribution in [0.2, 0.25) is 0 Å². The molecule has 1 amide bonds. The molecule has 4 rings (SSSR count). The average molecular weight is 478 g/mol. The summed E-state index contributed by atoms with van der Waals surface area (Å²) < 4.78 is 11.1. The van der Waals surface area contributed by atoms with Crippen LogP contribution in [-0.2, 0) is 9.47 Å². The first-order chi connectivity index (χ1) is 16.3. The van der Waals surface area contributed by atoms with E-state index in [0.717, 1.165) is 42.6 Å². The fourth-order valence-electron chi connectivity index (χ4n) is 5.12. The van der Waals surface area contributed by atoms with Gasteiger partial charge in [0.25, 0.3) is 0 Å². The summed E-state index contributed by atoms with van der Waals surface area (Å²) in [4.78, 5) is 26.8. The van der Waals surface area contributed by atoms with E-state index in [-0.39, 0.29) is 12.1 Å². The molecule has 1 aliphatic carbocycles. The summed E-state index contributed by atoms with van der Waals surface area (Å²) >= 11 is 0. The highest BCUT2D eigenvalue weighted by Crippen LogP contribution is 2.65. The summed E-state index contributed by atoms with van der Waals surface area (Å²) in [6.07, 6.45) is 3.03. The van der Waals surface area contributed by atoms with Gasteiger partial charge in [0.2, 0.25) is 0 Å². The summed E-state index contributed by atoms with van der Waals surface area (Å²) in [5.74, 6) is 0.250. The maximum absolute atomic E-state index is 12.6. The van der Waals surface area contributed by atoms with E-state index in [1.807, 2.05) is 64.6 Å². The lowest BCUT2D eigenvalue weighted by Crippen LogP contribution is -2.42. The Morgan fingerprint density at radius 1 is 0.886 bits per heavy atom. The van der Waals surface area contributed by atoms with Crippen molar-refractivity contribution in [2.24, 2.45) is 5.41 Å². The van der Waals surface area contributed by atoms with Crippen molar-refractivity contribution < 1.29 is 19.1 Å². The van der Waals surface area contributed by atoms with Crippen LogP contribution in [0, 0.1) is 12.3 Å². The first kappa shape index (κ1) is 25.3. The molecule has 5 nitrogen and oxygen atoms in total. The molecule has 188 valence electrons. The zero-order valence-corrected chi connectivity index (χ0v) is 22.2. The van der Waals surface area contributed by atoms with E-state index in [9.17, 15) is 9.59 Å². The minimum Gasteiger partial charge on any atom is -0.456 e. The molecule has 0 aromatic heterocycles. The third-order valence-corrected chi connectivity index (χ3v) is 7.10. The molecule has 0 N–H and O–H groups in total. The van der Waals surface area contributed by atoms with Gasteiger partial charge < -0.3 is 14.4 Å². The number of rotatable bonds is 3. The molecule has 2 fully saturated rings. The van der Waals surface area contributed by atoms with Gasteiger partial charge in [-0.15, -0.1) is 0 Å². The van der Waals surface area contributed by atoms with E-state index in [0.29, 0.717) is 16.9 Å². The monoisotopic (exact) mass is 477 g/mol. The van der Waals surface area contributed by atoms with Crippen LogP contribution in [0.25, 0.3) is 11.1 Å². The van der Waals surface area contributed by atoms with Crippen molar-refractivity contribution in [1.82, 2.24) is 4.90 Å². The van der Waals surface area contributed by atoms with Crippen LogP contribution in [0.3, 0.4) is 0 Å². The maximum Gasteiger partial charge on any atom is 0.410 e. The van der Waals surface area contributed by atoms with Crippen molar-refractivity contribution in [1.29, 1.82) is 0 Å². The molecule has 1 unspecified atom stereocenters. The van der Waals surface area contributed by atoms with Crippen molar-refractivity contribution in [2.75, 3.05) is 13.1 Å². The second-order valence-corrected chi connectivity index (χ2v) is 12.2. The van der Waals surface area contributed by atoms with Crippen LogP contribution in [-0.4, -0.2) is 41.3 Å². The quantitative estimate of drug-likeness (QED) is 0.442. The van der Waals surface area contributed by atoms with Crippen molar-refractivity contribution in [2.45, 2.75) is 84.8 Å². The van der Waals surface area contributed by atoms with Crippen LogP contribution < -0.4 is 0 Å². The SMILES string of the molecule is Cc1ccc(C(=O)OC(C)(C)C)cc1-c1ccc(C2CC23CCN(C(=O)OC(C)(C)C)CC3)cc1. The Bertz CT molecular complexity index is 1100. The number of carbonyl (C=O) groups excluding carboxylic acids is 2. The molecule has 0 radical (unpaired) electrons. The van der Waals surface area contributed by atoms with Gasteiger partial charge in [-0.2, -0.15) is 0 Å². The minimum atomic E-state index is -0.521. The van der Waals surface area contributed by atoms with Crippen LogP contribution >= 0.6 is 0 Å². The number of nitrogens with zero attached hydrogens (tertiary/aromatic N) is 1. The normalized spacial score (nSPS) is 19.4. The van der Waals surface area contributed by atoms with Crippen LogP contribution in [0.15, 0.2) is 42.5 Å². The van der Waals surface area contributed by atoms with Crippen LogP contribution in [0.4, 0.5) is 4.79 Å². The molecule has 1 saturated heterocycles. The van der Waals surface area contributed by atoms with Gasteiger partial charge in [0.15, 0.2) is 0 Å². The molecular formula is C30H39NO4. The Kier molecular flexibility index (Phi) is 6.50. The summed E-state index contributed by atoms with van der Waals surface area (Å²) in [5, 5.41) is 0. The zero-order valence-electron chi connectivity index (χ0n) is 22.2. The number of amides is 1. The molecule has 5 heteroatoms. The third-order valence-electron chi connectivity index (χ3n) is 7.10. The highest BCUT2D eigenvalue weighted by molar-refractivity contribution is 5.91. The molecule has 2 aromatic rings. The van der Waals surface area contributed by atoms with Crippen molar-refractivity contribution >= 4 is 12.1 Å². The first-order valence-electron chi connectivity index (χ1n) is 12.7. The smallest absolute Gasteiger partial charge is 0.410 e. The summed E-state index contributed by atoms with van der Waals surface area (Å²) in [6, 6.07) is 14.5. The lowest BCUT2D eigenvalue weighted by Gasteiger charge is -2.34. The first-order valence-corrected chi connectivity index (χ1v) is 12.7. The van der Waals surface area contributed by atoms with Crippen LogP contribution in [0.1, 0.15) is 88.2 Å². The lowest BCUT2D eigenvalue weighted by atomic mass is 9.88. The largest absolute Gasteiger partial charge is 0.456 e. The summed E-state index contributed by atoms with van der Waals surface area (Å²) in [7, 11) is 0. The van der Waals surface area contributed by atoms with Gasteiger partial charge >= 0.3 is 12.1 Å². The number of carbonyl (C=O) groups is 2. The molecule has 1 spiro atoms. The van der Waals surface area contributed by atoms with Crippen LogP contribution in [0.5, 0.6) is 0 Å². The van der Waals surface area contributed by atoms with E-state index in [2.05, 4.69) is 31.2 Å². The Hall–Kier alpha value is -2.82. The number of ether oxygens (including phenoxy) is 2. The molecule has 2 aliphatic rings. The predicted molar refractivity (Wildman–Crippen MR) is 139 cm³/mol. The number of likely N-dealkylation sites (tertiary alicyclic amines) is 1. The minimum absolute atomic E-state index is 0.196. The van der Waals surface area contributed by atoms with E-state index < -0.39 is 11.2 Å². The molecule has 35 heavy (non-hydrogen) atoms. The maximum atomic E-state index is 12.6. The van der Waals surface area contributed by atoms with Gasteiger partial charge in [-0.1, -0.05) is 30.3 Å². The summed E-state index contributed by atoms with van der Waals surface area (Å²) in [6.45, 7) is 15.0. The van der Waals surface area contributed by atoms with E-state index >= 15 is 0 Å². The van der Waals surface area contributed by atoms with Crippen molar-refractivity contribution in [3.05, 3.63) is 59.2 Å². The predicted octanol–water partition coefficient (Wildman–Crippen LogP) is 7.12. The molecule has 0 bridgehead atoms. The highest BCUT2D eigenvalue weighted by atomic mass is 16.6. The fourth-order valence-corrected chi connectivity index (χ4v) is 5.12. The Balaban J connectivity index is 1.42. The van der Waals surface area contributed by atoms with Gasteiger partial charge in [0.1, 0.15) is 11.2 Å². The lowest BCUT2D eigenvalue weighted by molar-refractivity contribution is 0.00682. The molecular weight excluding hydrogens is 438 g/mol. The fraction of sp³-hybridized carbons (Fsp3) is 0.533. The van der Waals surface area contributed by atoms with E-state index in [1.54, 1.807) is 0 Å². The summed E-state index contributed by atoms with van der Waals surface area (Å²) in [5.41, 5.74) is 4.55. The number of esters is 1. The highest BCUT2D eigenvalue weighted by Gasteiger charge is 2.55. The number of piperidine rings is 1. The van der Waals surface area contributed by atoms with Gasteiger partial charge in [0, 0.05) is 13.1 Å². The number of hydrogen-bond acceptors (Lipinski definition) is 4. The molecule has 1 heterocycles. The third kappa shape index (κ3) is 5.88. The standard InChI is InChI=1S/C30H39NO4/c1-20-8-9-23(26(32)34-28(2,3)4)18-24(20)21-10-12-22(13-11-21)25-19-30(25)14-16-31(17-15-30)27(33)35-29(5,6)7/h8-13,18,25H,14-17,19H2,1-7H3. The molecule has 1 aliphatic heterocycles. The molecule has 1 saturated carbocycles. The second kappa shape index (κ2) is 9.00. The van der Waals surface area contributed by atoms with Crippen molar-refractivity contribution in [3.8, 4) is 11.1 Å². The Morgan fingerprint density at radius 2 is 1.49 bits per heavy atom. The number of aryl methyl sites for hydroxylation is 1. The number of benzene rings is 2. The van der Waals surface area contributed by atoms with Crippen molar-refractivity contribution in [3.63, 3.8) is 0 Å². The van der Waals surface area contributed by atoms with E-state index in [1.165, 1.54) is 12.0 Å². The average Bonchev–Trinajstić information content (AvgIpc) is 3.45. The van der Waals surface area contributed by atoms with Gasteiger partial charge in [-0.05, 0) is 113 Å². The molecule has 1 atom stereocenters. The zero-order chi connectivity index (χ0) is 25.6.